The van der Waals surface area contributed by atoms with Crippen molar-refractivity contribution in [2.45, 2.75) is 4.21 Å². The lowest BCUT2D eigenvalue weighted by Crippen LogP contribution is -2.40. The predicted molar refractivity (Wildman–Crippen MR) is 68.4 cm³/mol. The van der Waals surface area contributed by atoms with Crippen LogP contribution in [0.1, 0.15) is 0 Å². The molecule has 1 aromatic heterocycles. The third kappa shape index (κ3) is 3.67. The number of nitrogens with two attached hydrogens (primary N) is 1. The fourth-order valence-electron chi connectivity index (χ4n) is 0.890. The van der Waals surface area contributed by atoms with Gasteiger partial charge < -0.3 is 11.1 Å². The normalized spacial score (nSPS) is 14.1. The first kappa shape index (κ1) is 13.3. The van der Waals surface area contributed by atoms with E-state index in [2.05, 4.69) is 15.9 Å². The molecule has 0 radical (unpaired) electrons. The smallest absolute Gasteiger partial charge is 0.326 e. The van der Waals surface area contributed by atoms with Gasteiger partial charge in [-0.2, -0.15) is 0 Å². The van der Waals surface area contributed by atoms with Crippen molar-refractivity contribution in [3.05, 3.63) is 16.5 Å². The number of hydrogen-bond acceptors (Lipinski definition) is 4. The second-order valence-electron chi connectivity index (χ2n) is 2.91. The van der Waals surface area contributed by atoms with E-state index in [0.29, 0.717) is 22.3 Å². The molecule has 1 aromatic rings. The van der Waals surface area contributed by atoms with Crippen molar-refractivity contribution in [2.24, 2.45) is 5.73 Å². The second-order valence-corrected chi connectivity index (χ2v) is 6.51. The van der Waals surface area contributed by atoms with E-state index in [-0.39, 0.29) is 0 Å². The van der Waals surface area contributed by atoms with Gasteiger partial charge in [-0.1, -0.05) is 11.6 Å². The van der Waals surface area contributed by atoms with Gasteiger partial charge in [0, 0.05) is 18.5 Å². The van der Waals surface area contributed by atoms with E-state index in [4.69, 9.17) is 17.3 Å². The molecule has 0 saturated carbocycles. The van der Waals surface area contributed by atoms with E-state index in [1.165, 1.54) is 17.4 Å². The summed E-state index contributed by atoms with van der Waals surface area (Å²) in [5.74, 6) is 3.48. The Bertz CT molecular complexity index is 469. The third-order valence-corrected chi connectivity index (χ3v) is 5.00. The monoisotopic (exact) mass is 281 g/mol. The lowest BCUT2D eigenvalue weighted by atomic mass is 10.6. The fourth-order valence-corrected chi connectivity index (χ4v) is 3.43. The van der Waals surface area contributed by atoms with Crippen molar-refractivity contribution in [3.8, 4) is 0 Å². The van der Waals surface area contributed by atoms with Crippen LogP contribution in [-0.2, 0) is 9.71 Å². The Labute approximate surface area is 103 Å². The van der Waals surface area contributed by atoms with Crippen LogP contribution in [0.5, 0.6) is 0 Å². The molecule has 1 rings (SSSR count). The second kappa shape index (κ2) is 5.53. The van der Waals surface area contributed by atoms with Gasteiger partial charge in [0.15, 0.2) is 0 Å². The highest BCUT2D eigenvalue weighted by molar-refractivity contribution is 8.00. The molecule has 1 unspecified atom stereocenters. The average Bonchev–Trinajstić information content (AvgIpc) is 2.62. The minimum absolute atomic E-state index is 0.312. The molecule has 1 atom stereocenters. The molecule has 0 aliphatic rings. The predicted octanol–water partition coefficient (Wildman–Crippen LogP) is 0.650. The lowest BCUT2D eigenvalue weighted by Gasteiger charge is -2.09. The molecule has 0 saturated heterocycles. The molecule has 0 aromatic carbocycles. The number of hydrogen-bond donors (Lipinski definition) is 3. The van der Waals surface area contributed by atoms with E-state index in [9.17, 15) is 9.00 Å². The molecule has 2 amide bonds. The first-order valence-corrected chi connectivity index (χ1v) is 7.31. The zero-order valence-corrected chi connectivity index (χ0v) is 10.8. The minimum Gasteiger partial charge on any atom is -0.336 e. The van der Waals surface area contributed by atoms with Gasteiger partial charge in [0.2, 0.25) is 0 Å². The molecule has 8 heteroatoms. The quantitative estimate of drug-likeness (QED) is 0.709. The van der Waals surface area contributed by atoms with Crippen LogP contribution in [-0.4, -0.2) is 29.2 Å². The molecule has 1 heterocycles. The molecule has 90 valence electrons. The van der Waals surface area contributed by atoms with Crippen LogP contribution >= 0.6 is 22.9 Å². The molecule has 16 heavy (non-hydrogen) atoms. The van der Waals surface area contributed by atoms with E-state index < -0.39 is 15.7 Å². The first-order valence-electron chi connectivity index (χ1n) is 4.32. The van der Waals surface area contributed by atoms with Gasteiger partial charge in [-0.25, -0.2) is 9.00 Å². The zero-order valence-electron chi connectivity index (χ0n) is 8.36. The molecular weight excluding hydrogens is 270 g/mol. The first-order chi connectivity index (χ1) is 7.45. The summed E-state index contributed by atoms with van der Waals surface area (Å²) in [6, 6.07) is 0.958. The summed E-state index contributed by atoms with van der Waals surface area (Å²) in [5.41, 5.74) is 5.21. The Morgan fingerprint density at radius 1 is 1.69 bits per heavy atom. The maximum Gasteiger partial charge on any atom is 0.326 e. The molecule has 5 nitrogen and oxygen atoms in total. The van der Waals surface area contributed by atoms with Gasteiger partial charge >= 0.3 is 6.03 Å². The van der Waals surface area contributed by atoms with Crippen molar-refractivity contribution in [3.63, 3.8) is 0 Å². The molecule has 0 bridgehead atoms. The van der Waals surface area contributed by atoms with Crippen molar-refractivity contribution in [1.82, 2.24) is 10.0 Å². The van der Waals surface area contributed by atoms with Crippen LogP contribution in [0, 0.1) is 0 Å². The summed E-state index contributed by atoms with van der Waals surface area (Å²) in [5, 5.41) is 4.54. The molecular formula is C8H12ClN3O2S2. The number of amides is 2. The Balaban J connectivity index is 2.69. The van der Waals surface area contributed by atoms with Gasteiger partial charge in [0.25, 0.3) is 0 Å². The highest BCUT2D eigenvalue weighted by atomic mass is 35.5. The van der Waals surface area contributed by atoms with Crippen LogP contribution in [0.4, 0.5) is 4.79 Å². The third-order valence-electron chi connectivity index (χ3n) is 1.56. The number of carbonyl (C=O) groups excluding carboxylic acids is 1. The SMILES string of the molecule is C=S(=O)(NC(=O)NCCN)c1cc(Cl)cs1. The van der Waals surface area contributed by atoms with Crippen molar-refractivity contribution < 1.29 is 9.00 Å². The number of urea groups is 1. The van der Waals surface area contributed by atoms with Crippen LogP contribution in [0.2, 0.25) is 5.02 Å². The Morgan fingerprint density at radius 3 is 2.88 bits per heavy atom. The van der Waals surface area contributed by atoms with Crippen LogP contribution < -0.4 is 15.8 Å². The van der Waals surface area contributed by atoms with Gasteiger partial charge in [-0.05, 0) is 11.9 Å². The lowest BCUT2D eigenvalue weighted by molar-refractivity contribution is 0.246. The summed E-state index contributed by atoms with van der Waals surface area (Å²) in [4.78, 5) is 11.3. The molecule has 0 aliphatic heterocycles. The topological polar surface area (TPSA) is 84.2 Å². The minimum atomic E-state index is -2.84. The summed E-state index contributed by atoms with van der Waals surface area (Å²) in [6.45, 7) is 0.628. The maximum absolute atomic E-state index is 12.0. The van der Waals surface area contributed by atoms with Crippen molar-refractivity contribution in [1.29, 1.82) is 0 Å². The highest BCUT2D eigenvalue weighted by Gasteiger charge is 2.13. The fraction of sp³-hybridized carbons (Fsp3) is 0.250. The average molecular weight is 282 g/mol. The Morgan fingerprint density at radius 2 is 2.38 bits per heavy atom. The maximum atomic E-state index is 12.0. The number of thiophene rings is 1. The number of rotatable bonds is 4. The highest BCUT2D eigenvalue weighted by Crippen LogP contribution is 2.23. The van der Waals surface area contributed by atoms with Gasteiger partial charge in [0.1, 0.15) is 4.21 Å². The summed E-state index contributed by atoms with van der Waals surface area (Å²) < 4.78 is 14.7. The molecule has 0 spiro atoms. The zero-order chi connectivity index (χ0) is 12.2. The number of carbonyl (C=O) groups is 1. The molecule has 0 aliphatic carbocycles. The summed E-state index contributed by atoms with van der Waals surface area (Å²) in [7, 11) is -2.84. The van der Waals surface area contributed by atoms with E-state index in [1.54, 1.807) is 5.38 Å². The van der Waals surface area contributed by atoms with Crippen LogP contribution in [0.3, 0.4) is 0 Å². The van der Waals surface area contributed by atoms with Crippen LogP contribution in [0.25, 0.3) is 0 Å². The summed E-state index contributed by atoms with van der Waals surface area (Å²) in [6.07, 6.45) is 0. The van der Waals surface area contributed by atoms with Gasteiger partial charge in [0.05, 0.1) is 14.7 Å². The van der Waals surface area contributed by atoms with Gasteiger partial charge in [-0.3, -0.25) is 4.72 Å². The van der Waals surface area contributed by atoms with Gasteiger partial charge in [-0.15, -0.1) is 11.3 Å². The van der Waals surface area contributed by atoms with E-state index in [0.717, 1.165) is 0 Å². The van der Waals surface area contributed by atoms with E-state index in [1.807, 2.05) is 0 Å². The standard InChI is InChI=1S/C8H12ClN3O2S2/c1-16(14,7-4-6(9)5-15-7)12-8(13)11-3-2-10/h4-5H,1-3,10H2,(H2,11,12,13,14). The largest absolute Gasteiger partial charge is 0.336 e. The Hall–Kier alpha value is -0.760. The number of halogens is 1. The molecule has 0 fully saturated rings. The van der Waals surface area contributed by atoms with E-state index >= 15 is 0 Å². The van der Waals surface area contributed by atoms with Crippen molar-refractivity contribution in [2.75, 3.05) is 13.1 Å². The van der Waals surface area contributed by atoms with Crippen molar-refractivity contribution >= 4 is 44.5 Å². The number of nitrogens with one attached hydrogen (secondary N) is 2. The van der Waals surface area contributed by atoms with Crippen LogP contribution in [0.15, 0.2) is 15.7 Å². The summed E-state index contributed by atoms with van der Waals surface area (Å²) >= 11 is 6.88. The Kier molecular flexibility index (Phi) is 4.60. The molecule has 4 N–H and O–H groups in total.